The SMILES string of the molecule is CN(c1ccc2c(c1)-c1ccccc1C21c2ccccc2-c2ccccc21)c1ccccc1-c1ccccc1. The summed E-state index contributed by atoms with van der Waals surface area (Å²) in [5.74, 6) is 0. The van der Waals surface area contributed by atoms with Crippen molar-refractivity contribution < 1.29 is 0 Å². The third-order valence-corrected chi connectivity index (χ3v) is 8.72. The maximum Gasteiger partial charge on any atom is 0.0725 e. The molecule has 0 bridgehead atoms. The van der Waals surface area contributed by atoms with Crippen molar-refractivity contribution in [3.63, 3.8) is 0 Å². The molecule has 2 aliphatic carbocycles. The first-order chi connectivity index (χ1) is 19.3. The number of hydrogen-bond donors (Lipinski definition) is 0. The van der Waals surface area contributed by atoms with Gasteiger partial charge >= 0.3 is 0 Å². The van der Waals surface area contributed by atoms with Gasteiger partial charge in [-0.1, -0.05) is 127 Å². The molecule has 0 atom stereocenters. The summed E-state index contributed by atoms with van der Waals surface area (Å²) >= 11 is 0. The van der Waals surface area contributed by atoms with E-state index in [2.05, 4.69) is 158 Å². The summed E-state index contributed by atoms with van der Waals surface area (Å²) in [5, 5.41) is 0. The fourth-order valence-electron chi connectivity index (χ4n) is 7.06. The van der Waals surface area contributed by atoms with Crippen LogP contribution in [0, 0.1) is 0 Å². The molecule has 0 saturated carbocycles. The summed E-state index contributed by atoms with van der Waals surface area (Å²) in [6.07, 6.45) is 0. The van der Waals surface area contributed by atoms with Crippen LogP contribution in [0.15, 0.2) is 146 Å². The summed E-state index contributed by atoms with van der Waals surface area (Å²) in [5.41, 5.74) is 15.4. The second-order valence-corrected chi connectivity index (χ2v) is 10.6. The number of benzene rings is 6. The first-order valence-electron chi connectivity index (χ1n) is 13.6. The molecule has 0 fully saturated rings. The van der Waals surface area contributed by atoms with Gasteiger partial charge in [0.2, 0.25) is 0 Å². The van der Waals surface area contributed by atoms with E-state index in [9.17, 15) is 0 Å². The Morgan fingerprint density at radius 3 is 1.49 bits per heavy atom. The normalized spacial score (nSPS) is 13.5. The van der Waals surface area contributed by atoms with Gasteiger partial charge in [0.15, 0.2) is 0 Å². The van der Waals surface area contributed by atoms with Crippen molar-refractivity contribution in [3.05, 3.63) is 168 Å². The van der Waals surface area contributed by atoms with Gasteiger partial charge in [-0.15, -0.1) is 0 Å². The van der Waals surface area contributed by atoms with Crippen molar-refractivity contribution >= 4 is 11.4 Å². The second-order valence-electron chi connectivity index (χ2n) is 10.6. The lowest BCUT2D eigenvalue weighted by Crippen LogP contribution is -2.25. The van der Waals surface area contributed by atoms with Gasteiger partial charge in [0.25, 0.3) is 0 Å². The smallest absolute Gasteiger partial charge is 0.0725 e. The zero-order valence-corrected chi connectivity index (χ0v) is 21.8. The molecule has 0 aromatic heterocycles. The van der Waals surface area contributed by atoms with Crippen molar-refractivity contribution in [2.45, 2.75) is 5.41 Å². The van der Waals surface area contributed by atoms with Gasteiger partial charge in [0, 0.05) is 24.0 Å². The van der Waals surface area contributed by atoms with E-state index in [0.717, 1.165) is 0 Å². The molecule has 184 valence electrons. The van der Waals surface area contributed by atoms with E-state index in [1.54, 1.807) is 0 Å². The monoisotopic (exact) mass is 497 g/mol. The van der Waals surface area contributed by atoms with Crippen molar-refractivity contribution in [2.75, 3.05) is 11.9 Å². The average Bonchev–Trinajstić information content (AvgIpc) is 3.48. The number of fused-ring (bicyclic) bond motifs is 10. The Hall–Kier alpha value is -4.88. The lowest BCUT2D eigenvalue weighted by molar-refractivity contribution is 0.793. The van der Waals surface area contributed by atoms with Crippen LogP contribution in [0.4, 0.5) is 11.4 Å². The minimum Gasteiger partial charge on any atom is -0.344 e. The summed E-state index contributed by atoms with van der Waals surface area (Å²) in [6, 6.07) is 53.4. The molecule has 0 aliphatic heterocycles. The predicted octanol–water partition coefficient (Wildman–Crippen LogP) is 9.46. The Kier molecular flexibility index (Phi) is 4.72. The highest BCUT2D eigenvalue weighted by molar-refractivity contribution is 5.96. The Bertz CT molecular complexity index is 1840. The number of nitrogens with zero attached hydrogens (tertiary/aromatic N) is 1. The van der Waals surface area contributed by atoms with Crippen LogP contribution in [-0.4, -0.2) is 7.05 Å². The van der Waals surface area contributed by atoms with Crippen LogP contribution in [0.3, 0.4) is 0 Å². The third-order valence-electron chi connectivity index (χ3n) is 8.72. The molecule has 6 aromatic rings. The first kappa shape index (κ1) is 22.1. The Morgan fingerprint density at radius 1 is 0.410 bits per heavy atom. The van der Waals surface area contributed by atoms with Crippen LogP contribution in [0.2, 0.25) is 0 Å². The molecule has 0 unspecified atom stereocenters. The molecule has 0 radical (unpaired) electrons. The van der Waals surface area contributed by atoms with E-state index in [1.807, 2.05) is 0 Å². The molecule has 2 aliphatic rings. The summed E-state index contributed by atoms with van der Waals surface area (Å²) in [6.45, 7) is 0. The number of anilines is 2. The Morgan fingerprint density at radius 2 is 0.872 bits per heavy atom. The number of para-hydroxylation sites is 1. The van der Waals surface area contributed by atoms with Crippen molar-refractivity contribution in [3.8, 4) is 33.4 Å². The minimum absolute atomic E-state index is 0.293. The molecule has 6 aromatic carbocycles. The molecule has 1 spiro atoms. The maximum absolute atomic E-state index is 2.40. The van der Waals surface area contributed by atoms with Gasteiger partial charge < -0.3 is 4.90 Å². The Balaban J connectivity index is 1.35. The largest absolute Gasteiger partial charge is 0.344 e. The van der Waals surface area contributed by atoms with Crippen LogP contribution in [0.5, 0.6) is 0 Å². The standard InChI is InChI=1S/C38H27N/c1-39(37-22-12-8-15-28(37)26-13-3-2-4-14-26)27-23-24-36-32(25-27)31-18-7-11-21-35(31)38(36)33-19-9-5-16-29(33)30-17-6-10-20-34(30)38/h2-25H,1H3. The van der Waals surface area contributed by atoms with Gasteiger partial charge in [0.1, 0.15) is 0 Å². The number of rotatable bonds is 3. The minimum atomic E-state index is -0.293. The predicted molar refractivity (Wildman–Crippen MR) is 163 cm³/mol. The molecule has 39 heavy (non-hydrogen) atoms. The zero-order valence-electron chi connectivity index (χ0n) is 21.8. The third kappa shape index (κ3) is 2.96. The second kappa shape index (κ2) is 8.31. The van der Waals surface area contributed by atoms with E-state index in [1.165, 1.54) is 67.0 Å². The first-order valence-corrected chi connectivity index (χ1v) is 13.6. The fourth-order valence-corrected chi connectivity index (χ4v) is 7.06. The van der Waals surface area contributed by atoms with Crippen LogP contribution in [-0.2, 0) is 5.41 Å². The highest BCUT2D eigenvalue weighted by atomic mass is 15.1. The van der Waals surface area contributed by atoms with Gasteiger partial charge in [-0.05, 0) is 68.3 Å². The average molecular weight is 498 g/mol. The van der Waals surface area contributed by atoms with Gasteiger partial charge in [0.05, 0.1) is 5.41 Å². The van der Waals surface area contributed by atoms with Crippen LogP contribution < -0.4 is 4.90 Å². The highest BCUT2D eigenvalue weighted by Gasteiger charge is 2.51. The molecule has 8 rings (SSSR count). The lowest BCUT2D eigenvalue weighted by atomic mass is 9.70. The van der Waals surface area contributed by atoms with Crippen molar-refractivity contribution in [2.24, 2.45) is 0 Å². The Labute approximate surface area is 229 Å². The van der Waals surface area contributed by atoms with Crippen LogP contribution >= 0.6 is 0 Å². The zero-order chi connectivity index (χ0) is 26.0. The summed E-state index contributed by atoms with van der Waals surface area (Å²) < 4.78 is 0. The van der Waals surface area contributed by atoms with E-state index in [-0.39, 0.29) is 5.41 Å². The molecule has 0 saturated heterocycles. The lowest BCUT2D eigenvalue weighted by Gasteiger charge is -2.31. The van der Waals surface area contributed by atoms with Crippen molar-refractivity contribution in [1.82, 2.24) is 0 Å². The van der Waals surface area contributed by atoms with E-state index in [0.29, 0.717) is 0 Å². The van der Waals surface area contributed by atoms with Gasteiger partial charge in [-0.2, -0.15) is 0 Å². The van der Waals surface area contributed by atoms with Gasteiger partial charge in [-0.25, -0.2) is 0 Å². The molecule has 0 amide bonds. The van der Waals surface area contributed by atoms with Crippen molar-refractivity contribution in [1.29, 1.82) is 0 Å². The summed E-state index contributed by atoms with van der Waals surface area (Å²) in [7, 11) is 2.18. The van der Waals surface area contributed by atoms with E-state index < -0.39 is 0 Å². The highest BCUT2D eigenvalue weighted by Crippen LogP contribution is 2.63. The van der Waals surface area contributed by atoms with E-state index in [4.69, 9.17) is 0 Å². The van der Waals surface area contributed by atoms with E-state index >= 15 is 0 Å². The maximum atomic E-state index is 2.40. The quantitative estimate of drug-likeness (QED) is 0.235. The molecular formula is C38H27N. The van der Waals surface area contributed by atoms with Crippen LogP contribution in [0.1, 0.15) is 22.3 Å². The molecular weight excluding hydrogens is 470 g/mol. The molecule has 1 nitrogen and oxygen atoms in total. The summed E-state index contributed by atoms with van der Waals surface area (Å²) in [4.78, 5) is 2.33. The molecule has 0 heterocycles. The fraction of sp³-hybridized carbons (Fsp3) is 0.0526. The number of hydrogen-bond acceptors (Lipinski definition) is 1. The van der Waals surface area contributed by atoms with Crippen LogP contribution in [0.25, 0.3) is 33.4 Å². The topological polar surface area (TPSA) is 3.24 Å². The van der Waals surface area contributed by atoms with Gasteiger partial charge in [-0.3, -0.25) is 0 Å². The molecule has 0 N–H and O–H groups in total. The molecule has 1 heteroatoms.